The lowest BCUT2D eigenvalue weighted by Crippen LogP contribution is -2.36. The SMILES string of the molecule is CC(NC1CCN(C(=O)CCc2ccccc2)C1)c1cccs1. The molecule has 0 radical (unpaired) electrons. The van der Waals surface area contributed by atoms with E-state index < -0.39 is 0 Å². The molecule has 2 unspecified atom stereocenters. The van der Waals surface area contributed by atoms with Crippen LogP contribution in [0.3, 0.4) is 0 Å². The van der Waals surface area contributed by atoms with E-state index in [1.807, 2.05) is 23.1 Å². The predicted octanol–water partition coefficient (Wildman–Crippen LogP) is 3.63. The molecule has 4 heteroatoms. The second kappa shape index (κ2) is 7.75. The predicted molar refractivity (Wildman–Crippen MR) is 95.6 cm³/mol. The Labute approximate surface area is 142 Å². The van der Waals surface area contributed by atoms with Gasteiger partial charge in [-0.05, 0) is 36.8 Å². The van der Waals surface area contributed by atoms with Crippen LogP contribution in [-0.4, -0.2) is 29.9 Å². The fraction of sp³-hybridized carbons (Fsp3) is 0.421. The van der Waals surface area contributed by atoms with Gasteiger partial charge in [-0.2, -0.15) is 0 Å². The van der Waals surface area contributed by atoms with Crippen LogP contribution in [0.15, 0.2) is 47.8 Å². The molecule has 1 amide bonds. The zero-order chi connectivity index (χ0) is 16.1. The minimum absolute atomic E-state index is 0.280. The van der Waals surface area contributed by atoms with E-state index in [1.54, 1.807) is 11.3 Å². The summed E-state index contributed by atoms with van der Waals surface area (Å²) >= 11 is 1.78. The monoisotopic (exact) mass is 328 g/mol. The third-order valence-electron chi connectivity index (χ3n) is 4.47. The van der Waals surface area contributed by atoms with Crippen LogP contribution in [0.1, 0.15) is 36.2 Å². The van der Waals surface area contributed by atoms with E-state index in [-0.39, 0.29) is 5.91 Å². The van der Waals surface area contributed by atoms with Crippen molar-refractivity contribution in [1.82, 2.24) is 10.2 Å². The van der Waals surface area contributed by atoms with Crippen LogP contribution in [0.4, 0.5) is 0 Å². The maximum Gasteiger partial charge on any atom is 0.222 e. The van der Waals surface area contributed by atoms with Crippen molar-refractivity contribution in [2.24, 2.45) is 0 Å². The van der Waals surface area contributed by atoms with Crippen LogP contribution >= 0.6 is 11.3 Å². The molecular formula is C19H24N2OS. The largest absolute Gasteiger partial charge is 0.341 e. The highest BCUT2D eigenvalue weighted by Gasteiger charge is 2.27. The van der Waals surface area contributed by atoms with E-state index >= 15 is 0 Å². The quantitative estimate of drug-likeness (QED) is 0.878. The fourth-order valence-corrected chi connectivity index (χ4v) is 3.89. The minimum atomic E-state index is 0.280. The number of nitrogens with one attached hydrogen (secondary N) is 1. The normalized spacial score (nSPS) is 19.0. The first kappa shape index (κ1) is 16.2. The summed E-state index contributed by atoms with van der Waals surface area (Å²) in [5.41, 5.74) is 1.24. The summed E-state index contributed by atoms with van der Waals surface area (Å²) in [7, 11) is 0. The maximum absolute atomic E-state index is 12.4. The second-order valence-corrected chi connectivity index (χ2v) is 7.19. The Kier molecular flexibility index (Phi) is 5.47. The summed E-state index contributed by atoms with van der Waals surface area (Å²) in [5, 5.41) is 5.77. The van der Waals surface area contributed by atoms with E-state index in [1.165, 1.54) is 10.4 Å². The molecule has 1 saturated heterocycles. The van der Waals surface area contributed by atoms with Crippen molar-refractivity contribution in [3.63, 3.8) is 0 Å². The number of thiophene rings is 1. The van der Waals surface area contributed by atoms with Gasteiger partial charge in [0.15, 0.2) is 0 Å². The summed E-state index contributed by atoms with van der Waals surface area (Å²) in [6.07, 6.45) is 2.49. The first-order valence-corrected chi connectivity index (χ1v) is 9.21. The summed E-state index contributed by atoms with van der Waals surface area (Å²) in [5.74, 6) is 0.280. The Balaban J connectivity index is 1.44. The standard InChI is InChI=1S/C19H24N2OS/c1-15(18-8-5-13-23-18)20-17-11-12-21(14-17)19(22)10-9-16-6-3-2-4-7-16/h2-8,13,15,17,20H,9-12,14H2,1H3. The van der Waals surface area contributed by atoms with Gasteiger partial charge in [-0.25, -0.2) is 0 Å². The zero-order valence-electron chi connectivity index (χ0n) is 13.6. The van der Waals surface area contributed by atoms with Crippen LogP contribution in [-0.2, 0) is 11.2 Å². The summed E-state index contributed by atoms with van der Waals surface area (Å²) in [6, 6.07) is 15.3. The van der Waals surface area contributed by atoms with Crippen molar-refractivity contribution >= 4 is 17.2 Å². The summed E-state index contributed by atoms with van der Waals surface area (Å²) < 4.78 is 0. The molecule has 1 fully saturated rings. The number of hydrogen-bond acceptors (Lipinski definition) is 3. The van der Waals surface area contributed by atoms with Crippen LogP contribution in [0, 0.1) is 0 Å². The third-order valence-corrected chi connectivity index (χ3v) is 5.52. The third kappa shape index (κ3) is 4.43. The van der Waals surface area contributed by atoms with Crippen molar-refractivity contribution in [1.29, 1.82) is 0 Å². The highest BCUT2D eigenvalue weighted by Crippen LogP contribution is 2.21. The number of aryl methyl sites for hydroxylation is 1. The van der Waals surface area contributed by atoms with Gasteiger partial charge in [0.25, 0.3) is 0 Å². The zero-order valence-corrected chi connectivity index (χ0v) is 14.4. The molecular weight excluding hydrogens is 304 g/mol. The molecule has 2 aromatic rings. The molecule has 3 rings (SSSR count). The smallest absolute Gasteiger partial charge is 0.222 e. The average molecular weight is 328 g/mol. The van der Waals surface area contributed by atoms with E-state index in [4.69, 9.17) is 0 Å². The molecule has 2 heterocycles. The summed E-state index contributed by atoms with van der Waals surface area (Å²) in [6.45, 7) is 3.91. The lowest BCUT2D eigenvalue weighted by Gasteiger charge is -2.20. The molecule has 1 aliphatic rings. The number of hydrogen-bond donors (Lipinski definition) is 1. The number of benzene rings is 1. The Morgan fingerprint density at radius 2 is 2.13 bits per heavy atom. The number of rotatable bonds is 6. The molecule has 0 aliphatic carbocycles. The van der Waals surface area contributed by atoms with Crippen molar-refractivity contribution in [2.75, 3.05) is 13.1 Å². The Bertz CT molecular complexity index is 612. The van der Waals surface area contributed by atoms with E-state index in [9.17, 15) is 4.79 Å². The molecule has 2 atom stereocenters. The molecule has 0 spiro atoms. The van der Waals surface area contributed by atoms with E-state index in [0.29, 0.717) is 18.5 Å². The fourth-order valence-electron chi connectivity index (χ4n) is 3.15. The average Bonchev–Trinajstić information content (AvgIpc) is 3.25. The van der Waals surface area contributed by atoms with Crippen LogP contribution < -0.4 is 5.32 Å². The highest BCUT2D eigenvalue weighted by atomic mass is 32.1. The topological polar surface area (TPSA) is 32.3 Å². The molecule has 1 N–H and O–H groups in total. The molecule has 3 nitrogen and oxygen atoms in total. The minimum Gasteiger partial charge on any atom is -0.341 e. The van der Waals surface area contributed by atoms with Crippen molar-refractivity contribution in [2.45, 2.75) is 38.3 Å². The van der Waals surface area contributed by atoms with Gasteiger partial charge in [-0.1, -0.05) is 36.4 Å². The molecule has 1 aromatic carbocycles. The maximum atomic E-state index is 12.4. The molecule has 0 saturated carbocycles. The van der Waals surface area contributed by atoms with Gasteiger partial charge in [-0.15, -0.1) is 11.3 Å². The van der Waals surface area contributed by atoms with Gasteiger partial charge in [0.05, 0.1) is 0 Å². The van der Waals surface area contributed by atoms with Gasteiger partial charge in [0, 0.05) is 36.5 Å². The van der Waals surface area contributed by atoms with Gasteiger partial charge in [0.2, 0.25) is 5.91 Å². The lowest BCUT2D eigenvalue weighted by molar-refractivity contribution is -0.130. The molecule has 0 bridgehead atoms. The van der Waals surface area contributed by atoms with E-state index in [2.05, 4.69) is 41.9 Å². The summed E-state index contributed by atoms with van der Waals surface area (Å²) in [4.78, 5) is 15.8. The van der Waals surface area contributed by atoms with Crippen molar-refractivity contribution < 1.29 is 4.79 Å². The first-order valence-electron chi connectivity index (χ1n) is 8.33. The molecule has 1 aliphatic heterocycles. The van der Waals surface area contributed by atoms with Crippen molar-refractivity contribution in [3.8, 4) is 0 Å². The number of carbonyl (C=O) groups excluding carboxylic acids is 1. The van der Waals surface area contributed by atoms with Gasteiger partial charge in [0.1, 0.15) is 0 Å². The number of amides is 1. The number of nitrogens with zero attached hydrogens (tertiary/aromatic N) is 1. The molecule has 23 heavy (non-hydrogen) atoms. The van der Waals surface area contributed by atoms with Crippen molar-refractivity contribution in [3.05, 3.63) is 58.3 Å². The number of likely N-dealkylation sites (tertiary alicyclic amines) is 1. The number of carbonyl (C=O) groups is 1. The van der Waals surface area contributed by atoms with Gasteiger partial charge >= 0.3 is 0 Å². The Morgan fingerprint density at radius 1 is 1.30 bits per heavy atom. The van der Waals surface area contributed by atoms with Crippen LogP contribution in [0.5, 0.6) is 0 Å². The van der Waals surface area contributed by atoms with Crippen LogP contribution in [0.25, 0.3) is 0 Å². The van der Waals surface area contributed by atoms with E-state index in [0.717, 1.165) is 25.9 Å². The second-order valence-electron chi connectivity index (χ2n) is 6.21. The van der Waals surface area contributed by atoms with Crippen LogP contribution in [0.2, 0.25) is 0 Å². The first-order chi connectivity index (χ1) is 11.2. The Hall–Kier alpha value is -1.65. The Morgan fingerprint density at radius 3 is 2.87 bits per heavy atom. The molecule has 1 aromatic heterocycles. The molecule has 122 valence electrons. The highest BCUT2D eigenvalue weighted by molar-refractivity contribution is 7.10. The van der Waals surface area contributed by atoms with Gasteiger partial charge in [-0.3, -0.25) is 4.79 Å². The van der Waals surface area contributed by atoms with Gasteiger partial charge < -0.3 is 10.2 Å². The lowest BCUT2D eigenvalue weighted by atomic mass is 10.1.